The Bertz CT molecular complexity index is 1070. The van der Waals surface area contributed by atoms with Crippen molar-refractivity contribution in [1.29, 1.82) is 0 Å². The Hall–Kier alpha value is -3.74. The first-order chi connectivity index (χ1) is 14.2. The van der Waals surface area contributed by atoms with Crippen molar-refractivity contribution in [2.75, 3.05) is 0 Å². The Balaban J connectivity index is 1.53. The molecule has 0 radical (unpaired) electrons. The van der Waals surface area contributed by atoms with Gasteiger partial charge in [-0.2, -0.15) is 0 Å². The van der Waals surface area contributed by atoms with Gasteiger partial charge in [-0.3, -0.25) is 0 Å². The zero-order valence-electron chi connectivity index (χ0n) is 16.0. The van der Waals surface area contributed by atoms with Crippen molar-refractivity contribution in [3.8, 4) is 5.69 Å². The molecule has 0 aliphatic carbocycles. The monoisotopic (exact) mass is 387 g/mol. The van der Waals surface area contributed by atoms with Gasteiger partial charge in [-0.1, -0.05) is 30.3 Å². The molecule has 7 heteroatoms. The van der Waals surface area contributed by atoms with E-state index in [-0.39, 0.29) is 5.69 Å². The summed E-state index contributed by atoms with van der Waals surface area (Å²) >= 11 is 0. The lowest BCUT2D eigenvalue weighted by Gasteiger charge is -2.18. The number of imidazole rings is 2. The molecule has 7 nitrogen and oxygen atoms in total. The molecule has 0 spiro atoms. The summed E-state index contributed by atoms with van der Waals surface area (Å²) in [7, 11) is 1.89. The molecule has 29 heavy (non-hydrogen) atoms. The highest BCUT2D eigenvalue weighted by Gasteiger charge is 2.22. The third-order valence-electron chi connectivity index (χ3n) is 4.69. The van der Waals surface area contributed by atoms with Crippen LogP contribution in [0.2, 0.25) is 0 Å². The van der Waals surface area contributed by atoms with E-state index in [1.807, 2.05) is 46.6 Å². The van der Waals surface area contributed by atoms with Crippen molar-refractivity contribution >= 4 is 5.97 Å². The molecule has 1 atom stereocenters. The van der Waals surface area contributed by atoms with E-state index in [0.717, 1.165) is 12.1 Å². The second-order valence-electron chi connectivity index (χ2n) is 6.68. The smallest absolute Gasteiger partial charge is 0.357 e. The molecule has 0 aliphatic rings. The van der Waals surface area contributed by atoms with Crippen LogP contribution in [0, 0.1) is 0 Å². The average molecular weight is 387 g/mol. The van der Waals surface area contributed by atoms with E-state index >= 15 is 0 Å². The maximum absolute atomic E-state index is 12.8. The summed E-state index contributed by atoms with van der Waals surface area (Å²) in [6, 6.07) is 13.6. The van der Waals surface area contributed by atoms with E-state index in [0.29, 0.717) is 12.2 Å². The van der Waals surface area contributed by atoms with E-state index in [9.17, 15) is 4.79 Å². The molecule has 1 aromatic carbocycles. The Morgan fingerprint density at radius 3 is 2.66 bits per heavy atom. The number of hydrogen-bond donors (Lipinski definition) is 0. The van der Waals surface area contributed by atoms with Crippen LogP contribution in [-0.2, 0) is 18.2 Å². The van der Waals surface area contributed by atoms with Crippen LogP contribution >= 0.6 is 0 Å². The fourth-order valence-corrected chi connectivity index (χ4v) is 3.16. The molecule has 0 bridgehead atoms. The molecule has 0 saturated heterocycles. The number of pyridine rings is 1. The maximum Gasteiger partial charge on any atom is 0.357 e. The predicted octanol–water partition coefficient (Wildman–Crippen LogP) is 3.53. The zero-order valence-corrected chi connectivity index (χ0v) is 16.0. The van der Waals surface area contributed by atoms with Crippen molar-refractivity contribution in [3.05, 3.63) is 96.9 Å². The topological polar surface area (TPSA) is 74.8 Å². The van der Waals surface area contributed by atoms with Gasteiger partial charge in [-0.25, -0.2) is 19.7 Å². The first kappa shape index (κ1) is 18.6. The van der Waals surface area contributed by atoms with E-state index in [1.54, 1.807) is 37.2 Å². The van der Waals surface area contributed by atoms with E-state index in [4.69, 9.17) is 4.74 Å². The highest BCUT2D eigenvalue weighted by molar-refractivity contribution is 5.88. The van der Waals surface area contributed by atoms with Gasteiger partial charge in [0.1, 0.15) is 11.5 Å². The van der Waals surface area contributed by atoms with Crippen LogP contribution in [0.15, 0.2) is 79.8 Å². The van der Waals surface area contributed by atoms with Crippen LogP contribution in [0.1, 0.15) is 34.4 Å². The molecule has 0 aliphatic heterocycles. The third-order valence-corrected chi connectivity index (χ3v) is 4.69. The Morgan fingerprint density at radius 1 is 1.07 bits per heavy atom. The Labute approximate surface area is 168 Å². The largest absolute Gasteiger partial charge is 0.449 e. The van der Waals surface area contributed by atoms with Gasteiger partial charge in [0.25, 0.3) is 0 Å². The molecule has 3 heterocycles. The molecular weight excluding hydrogens is 366 g/mol. The molecular formula is C22H21N5O2. The summed E-state index contributed by atoms with van der Waals surface area (Å²) in [5.74, 6) is 0.230. The summed E-state index contributed by atoms with van der Waals surface area (Å²) in [6.45, 7) is 0. The fourth-order valence-electron chi connectivity index (χ4n) is 3.16. The predicted molar refractivity (Wildman–Crippen MR) is 107 cm³/mol. The van der Waals surface area contributed by atoms with E-state index < -0.39 is 12.1 Å². The van der Waals surface area contributed by atoms with Gasteiger partial charge >= 0.3 is 5.97 Å². The normalized spacial score (nSPS) is 11.9. The molecule has 4 rings (SSSR count). The van der Waals surface area contributed by atoms with Gasteiger partial charge in [0.05, 0.1) is 12.0 Å². The number of carbonyl (C=O) groups is 1. The molecule has 0 amide bonds. The summed E-state index contributed by atoms with van der Waals surface area (Å²) in [5, 5.41) is 0. The van der Waals surface area contributed by atoms with Gasteiger partial charge in [0.15, 0.2) is 6.10 Å². The quantitative estimate of drug-likeness (QED) is 0.454. The summed E-state index contributed by atoms with van der Waals surface area (Å²) in [4.78, 5) is 25.5. The average Bonchev–Trinajstić information content (AvgIpc) is 3.44. The van der Waals surface area contributed by atoms with Gasteiger partial charge in [-0.05, 0) is 30.5 Å². The van der Waals surface area contributed by atoms with Crippen LogP contribution in [0.4, 0.5) is 0 Å². The molecule has 146 valence electrons. The summed E-state index contributed by atoms with van der Waals surface area (Å²) < 4.78 is 9.53. The molecule has 4 aromatic rings. The number of rotatable bonds is 7. The molecule has 0 N–H and O–H groups in total. The minimum Gasteiger partial charge on any atom is -0.449 e. The fraction of sp³-hybridized carbons (Fsp3) is 0.182. The van der Waals surface area contributed by atoms with Gasteiger partial charge in [-0.15, -0.1) is 0 Å². The third kappa shape index (κ3) is 4.40. The van der Waals surface area contributed by atoms with Crippen molar-refractivity contribution in [1.82, 2.24) is 24.1 Å². The number of carbonyl (C=O) groups excluding carboxylic acids is 1. The Kier molecular flexibility index (Phi) is 5.47. The zero-order chi connectivity index (χ0) is 20.1. The standard InChI is InChI=1S/C22H21N5O2/c1-26-13-12-25-21(26)20(8-7-17-5-3-2-4-6-17)29-22(28)19-15-18(9-10-24-19)27-14-11-23-16-27/h2-6,9-16,20H,7-8H2,1H3/t20-/m0/s1. The van der Waals surface area contributed by atoms with Gasteiger partial charge in [0, 0.05) is 38.0 Å². The number of benzene rings is 1. The molecule has 3 aromatic heterocycles. The van der Waals surface area contributed by atoms with E-state index in [1.165, 1.54) is 5.56 Å². The highest BCUT2D eigenvalue weighted by Crippen LogP contribution is 2.23. The highest BCUT2D eigenvalue weighted by atomic mass is 16.5. The summed E-state index contributed by atoms with van der Waals surface area (Å²) in [6.07, 6.45) is 11.2. The maximum atomic E-state index is 12.8. The van der Waals surface area contributed by atoms with Gasteiger partial charge in [0.2, 0.25) is 0 Å². The molecule has 0 fully saturated rings. The van der Waals surface area contributed by atoms with E-state index in [2.05, 4.69) is 27.1 Å². The minimum atomic E-state index is -0.479. The van der Waals surface area contributed by atoms with Crippen LogP contribution in [-0.4, -0.2) is 30.1 Å². The van der Waals surface area contributed by atoms with Crippen LogP contribution < -0.4 is 0 Å². The first-order valence-corrected chi connectivity index (χ1v) is 9.37. The van der Waals surface area contributed by atoms with Gasteiger partial charge < -0.3 is 13.9 Å². The van der Waals surface area contributed by atoms with Crippen molar-refractivity contribution in [2.24, 2.45) is 7.05 Å². The molecule has 0 saturated carbocycles. The number of ether oxygens (including phenoxy) is 1. The van der Waals surface area contributed by atoms with Crippen molar-refractivity contribution < 1.29 is 9.53 Å². The van der Waals surface area contributed by atoms with Crippen molar-refractivity contribution in [2.45, 2.75) is 18.9 Å². The van der Waals surface area contributed by atoms with Crippen molar-refractivity contribution in [3.63, 3.8) is 0 Å². The lowest BCUT2D eigenvalue weighted by atomic mass is 10.1. The minimum absolute atomic E-state index is 0.245. The van der Waals surface area contributed by atoms with Crippen LogP contribution in [0.25, 0.3) is 5.69 Å². The first-order valence-electron chi connectivity index (χ1n) is 9.37. The molecule has 0 unspecified atom stereocenters. The Morgan fingerprint density at radius 2 is 1.93 bits per heavy atom. The number of aromatic nitrogens is 5. The van der Waals surface area contributed by atoms with Crippen LogP contribution in [0.3, 0.4) is 0 Å². The second-order valence-corrected chi connectivity index (χ2v) is 6.68. The number of hydrogen-bond acceptors (Lipinski definition) is 5. The van der Waals surface area contributed by atoms with Crippen LogP contribution in [0.5, 0.6) is 0 Å². The number of nitrogens with zero attached hydrogens (tertiary/aromatic N) is 5. The number of esters is 1. The second kappa shape index (κ2) is 8.52. The lowest BCUT2D eigenvalue weighted by molar-refractivity contribution is 0.0243. The SMILES string of the molecule is Cn1ccnc1[C@H](CCc1ccccc1)OC(=O)c1cc(-n2ccnc2)ccn1. The number of aryl methyl sites for hydroxylation is 2. The summed E-state index contributed by atoms with van der Waals surface area (Å²) in [5.41, 5.74) is 2.22. The lowest BCUT2D eigenvalue weighted by Crippen LogP contribution is -2.17.